The predicted molar refractivity (Wildman–Crippen MR) is 81.3 cm³/mol. The molecule has 0 aliphatic heterocycles. The SMILES string of the molecule is Cl.OCCNCCCOc1ccc2ccccc2c1. The second-order valence-electron chi connectivity index (χ2n) is 4.18. The van der Waals surface area contributed by atoms with Crippen LogP contribution in [0.5, 0.6) is 5.75 Å². The second-order valence-corrected chi connectivity index (χ2v) is 4.18. The van der Waals surface area contributed by atoms with E-state index in [4.69, 9.17) is 9.84 Å². The summed E-state index contributed by atoms with van der Waals surface area (Å²) in [5, 5.41) is 14.2. The Labute approximate surface area is 120 Å². The van der Waals surface area contributed by atoms with Crippen molar-refractivity contribution in [3.63, 3.8) is 0 Å². The summed E-state index contributed by atoms with van der Waals surface area (Å²) in [4.78, 5) is 0. The Morgan fingerprint density at radius 2 is 1.79 bits per heavy atom. The van der Waals surface area contributed by atoms with Crippen molar-refractivity contribution >= 4 is 23.2 Å². The quantitative estimate of drug-likeness (QED) is 0.767. The number of rotatable bonds is 7. The van der Waals surface area contributed by atoms with E-state index in [0.29, 0.717) is 13.2 Å². The molecule has 104 valence electrons. The summed E-state index contributed by atoms with van der Waals surface area (Å²) in [7, 11) is 0. The molecule has 0 atom stereocenters. The number of hydrogen-bond acceptors (Lipinski definition) is 3. The zero-order valence-electron chi connectivity index (χ0n) is 10.8. The number of halogens is 1. The highest BCUT2D eigenvalue weighted by Crippen LogP contribution is 2.20. The van der Waals surface area contributed by atoms with E-state index in [0.717, 1.165) is 18.7 Å². The van der Waals surface area contributed by atoms with Gasteiger partial charge in [0.25, 0.3) is 0 Å². The van der Waals surface area contributed by atoms with E-state index in [1.54, 1.807) is 0 Å². The van der Waals surface area contributed by atoms with Crippen LogP contribution in [-0.2, 0) is 0 Å². The third-order valence-corrected chi connectivity index (χ3v) is 2.78. The minimum atomic E-state index is 0. The van der Waals surface area contributed by atoms with Crippen molar-refractivity contribution in [2.24, 2.45) is 0 Å². The average molecular weight is 282 g/mol. The fourth-order valence-corrected chi connectivity index (χ4v) is 1.85. The first-order chi connectivity index (χ1) is 8.90. The van der Waals surface area contributed by atoms with E-state index < -0.39 is 0 Å². The van der Waals surface area contributed by atoms with Gasteiger partial charge in [0, 0.05) is 6.54 Å². The Kier molecular flexibility index (Phi) is 7.26. The van der Waals surface area contributed by atoms with E-state index >= 15 is 0 Å². The molecule has 0 fully saturated rings. The van der Waals surface area contributed by atoms with E-state index in [2.05, 4.69) is 29.6 Å². The first-order valence-electron chi connectivity index (χ1n) is 6.33. The van der Waals surface area contributed by atoms with E-state index in [1.807, 2.05) is 18.2 Å². The molecule has 0 bridgehead atoms. The van der Waals surface area contributed by atoms with Gasteiger partial charge in [0.15, 0.2) is 0 Å². The van der Waals surface area contributed by atoms with Gasteiger partial charge in [-0.05, 0) is 35.9 Å². The van der Waals surface area contributed by atoms with E-state index in [-0.39, 0.29) is 19.0 Å². The average Bonchev–Trinajstić information content (AvgIpc) is 2.42. The third-order valence-electron chi connectivity index (χ3n) is 2.78. The van der Waals surface area contributed by atoms with Gasteiger partial charge in [-0.1, -0.05) is 30.3 Å². The van der Waals surface area contributed by atoms with Crippen molar-refractivity contribution < 1.29 is 9.84 Å². The van der Waals surface area contributed by atoms with Crippen LogP contribution < -0.4 is 10.1 Å². The zero-order valence-corrected chi connectivity index (χ0v) is 11.7. The van der Waals surface area contributed by atoms with Crippen molar-refractivity contribution in [3.8, 4) is 5.75 Å². The lowest BCUT2D eigenvalue weighted by atomic mass is 10.1. The molecular formula is C15H20ClNO2. The molecule has 0 aromatic heterocycles. The van der Waals surface area contributed by atoms with Crippen LogP contribution >= 0.6 is 12.4 Å². The Balaban J connectivity index is 0.00000180. The maximum atomic E-state index is 8.61. The Hall–Kier alpha value is -1.29. The lowest BCUT2D eigenvalue weighted by Gasteiger charge is -2.07. The number of benzene rings is 2. The molecule has 2 aromatic carbocycles. The van der Waals surface area contributed by atoms with Crippen molar-refractivity contribution in [3.05, 3.63) is 42.5 Å². The summed E-state index contributed by atoms with van der Waals surface area (Å²) >= 11 is 0. The second kappa shape index (κ2) is 8.75. The first-order valence-corrected chi connectivity index (χ1v) is 6.33. The molecule has 0 heterocycles. The Morgan fingerprint density at radius 3 is 2.58 bits per heavy atom. The molecule has 4 heteroatoms. The van der Waals surface area contributed by atoms with Gasteiger partial charge >= 0.3 is 0 Å². The lowest BCUT2D eigenvalue weighted by Crippen LogP contribution is -2.20. The van der Waals surface area contributed by atoms with E-state index in [1.165, 1.54) is 10.8 Å². The standard InChI is InChI=1S/C15H19NO2.ClH/c17-10-9-16-8-3-11-18-15-7-6-13-4-1-2-5-14(13)12-15;/h1-2,4-7,12,16-17H,3,8-11H2;1H. The molecule has 2 aromatic rings. The Morgan fingerprint density at radius 1 is 1.00 bits per heavy atom. The molecule has 19 heavy (non-hydrogen) atoms. The summed E-state index contributed by atoms with van der Waals surface area (Å²) < 4.78 is 5.69. The molecule has 0 amide bonds. The highest BCUT2D eigenvalue weighted by molar-refractivity contribution is 5.85. The van der Waals surface area contributed by atoms with Crippen molar-refractivity contribution in [2.45, 2.75) is 6.42 Å². The van der Waals surface area contributed by atoms with Crippen LogP contribution in [0, 0.1) is 0 Å². The number of aliphatic hydroxyl groups is 1. The summed E-state index contributed by atoms with van der Waals surface area (Å²) in [6.45, 7) is 2.40. The normalized spacial score (nSPS) is 10.2. The van der Waals surface area contributed by atoms with Crippen molar-refractivity contribution in [1.82, 2.24) is 5.32 Å². The van der Waals surface area contributed by atoms with Crippen molar-refractivity contribution in [2.75, 3.05) is 26.3 Å². The largest absolute Gasteiger partial charge is 0.494 e. The van der Waals surface area contributed by atoms with Crippen LogP contribution in [0.4, 0.5) is 0 Å². The number of hydrogen-bond donors (Lipinski definition) is 2. The summed E-state index contributed by atoms with van der Waals surface area (Å²) in [6, 6.07) is 14.4. The third kappa shape index (κ3) is 5.07. The van der Waals surface area contributed by atoms with Gasteiger partial charge in [-0.2, -0.15) is 0 Å². The Bertz CT molecular complexity index is 490. The predicted octanol–water partition coefficient (Wildman–Crippen LogP) is 2.61. The van der Waals surface area contributed by atoms with Gasteiger partial charge in [0.1, 0.15) is 5.75 Å². The van der Waals surface area contributed by atoms with Crippen LogP contribution in [-0.4, -0.2) is 31.4 Å². The molecule has 0 aliphatic rings. The molecule has 0 aliphatic carbocycles. The number of aliphatic hydroxyl groups excluding tert-OH is 1. The number of fused-ring (bicyclic) bond motifs is 1. The smallest absolute Gasteiger partial charge is 0.119 e. The van der Waals surface area contributed by atoms with Gasteiger partial charge in [0.05, 0.1) is 13.2 Å². The fraction of sp³-hybridized carbons (Fsp3) is 0.333. The molecule has 0 saturated carbocycles. The van der Waals surface area contributed by atoms with Crippen LogP contribution in [0.15, 0.2) is 42.5 Å². The summed E-state index contributed by atoms with van der Waals surface area (Å²) in [5.41, 5.74) is 0. The van der Waals surface area contributed by atoms with Gasteiger partial charge in [-0.3, -0.25) is 0 Å². The highest BCUT2D eigenvalue weighted by Gasteiger charge is 1.96. The molecule has 0 radical (unpaired) electrons. The molecule has 0 unspecified atom stereocenters. The van der Waals surface area contributed by atoms with Gasteiger partial charge in [0.2, 0.25) is 0 Å². The first kappa shape index (κ1) is 15.8. The van der Waals surface area contributed by atoms with Crippen LogP contribution in [0.25, 0.3) is 10.8 Å². The van der Waals surface area contributed by atoms with Crippen LogP contribution in [0.2, 0.25) is 0 Å². The lowest BCUT2D eigenvalue weighted by molar-refractivity contribution is 0.282. The number of nitrogens with one attached hydrogen (secondary N) is 1. The number of ether oxygens (including phenoxy) is 1. The van der Waals surface area contributed by atoms with E-state index in [9.17, 15) is 0 Å². The monoisotopic (exact) mass is 281 g/mol. The van der Waals surface area contributed by atoms with Gasteiger partial charge < -0.3 is 15.2 Å². The maximum absolute atomic E-state index is 8.61. The summed E-state index contributed by atoms with van der Waals surface area (Å²) in [6.07, 6.45) is 0.937. The van der Waals surface area contributed by atoms with Crippen molar-refractivity contribution in [1.29, 1.82) is 0 Å². The molecule has 0 saturated heterocycles. The highest BCUT2D eigenvalue weighted by atomic mass is 35.5. The topological polar surface area (TPSA) is 41.5 Å². The van der Waals surface area contributed by atoms with Crippen LogP contribution in [0.1, 0.15) is 6.42 Å². The molecule has 2 rings (SSSR count). The fourth-order valence-electron chi connectivity index (χ4n) is 1.85. The minimum absolute atomic E-state index is 0. The maximum Gasteiger partial charge on any atom is 0.119 e. The summed E-state index contributed by atoms with van der Waals surface area (Å²) in [5.74, 6) is 0.913. The molecular weight excluding hydrogens is 262 g/mol. The minimum Gasteiger partial charge on any atom is -0.494 e. The molecule has 3 nitrogen and oxygen atoms in total. The van der Waals surface area contributed by atoms with Gasteiger partial charge in [-0.25, -0.2) is 0 Å². The molecule has 0 spiro atoms. The molecule has 2 N–H and O–H groups in total. The van der Waals surface area contributed by atoms with Gasteiger partial charge in [-0.15, -0.1) is 12.4 Å². The zero-order chi connectivity index (χ0) is 12.6. The van der Waals surface area contributed by atoms with Crippen LogP contribution in [0.3, 0.4) is 0 Å².